The predicted molar refractivity (Wildman–Crippen MR) is 117 cm³/mol. The second-order valence-corrected chi connectivity index (χ2v) is 9.31. The molecule has 3 rings (SSSR count). The Bertz CT molecular complexity index is 1010. The zero-order chi connectivity index (χ0) is 21.4. The third-order valence-corrected chi connectivity index (χ3v) is 4.78. The minimum absolute atomic E-state index is 0.208. The number of hydrogen-bond acceptors (Lipinski definition) is 4. The molecule has 0 radical (unpaired) electrons. The third kappa shape index (κ3) is 4.50. The Morgan fingerprint density at radius 2 is 1.59 bits per heavy atom. The summed E-state index contributed by atoms with van der Waals surface area (Å²) in [5, 5.41) is 15.8. The molecule has 3 aromatic rings. The van der Waals surface area contributed by atoms with Crippen LogP contribution >= 0.6 is 0 Å². The first kappa shape index (κ1) is 20.6. The highest BCUT2D eigenvalue weighted by atomic mass is 16.3. The Hall–Kier alpha value is -3.08. The normalized spacial score (nSPS) is 12.6. The molecule has 0 fully saturated rings. The number of benzene rings is 2. The number of para-hydroxylation sites is 1. The van der Waals surface area contributed by atoms with Crippen LogP contribution in [0.2, 0.25) is 0 Å². The Kier molecular flexibility index (Phi) is 5.26. The monoisotopic (exact) mass is 392 g/mol. The molecule has 0 spiro atoms. The van der Waals surface area contributed by atoms with Gasteiger partial charge in [-0.15, -0.1) is 0 Å². The van der Waals surface area contributed by atoms with Crippen molar-refractivity contribution in [2.75, 3.05) is 0 Å². The van der Waals surface area contributed by atoms with E-state index in [9.17, 15) is 9.90 Å². The molecule has 0 saturated carbocycles. The molecule has 5 heteroatoms. The fourth-order valence-electron chi connectivity index (χ4n) is 3.19. The van der Waals surface area contributed by atoms with Gasteiger partial charge in [0.2, 0.25) is 0 Å². The summed E-state index contributed by atoms with van der Waals surface area (Å²) in [5.41, 5.74) is 5.20. The smallest absolute Gasteiger partial charge is 0.307 e. The first-order chi connectivity index (χ1) is 13.5. The molecule has 0 saturated heterocycles. The van der Waals surface area contributed by atoms with Crippen molar-refractivity contribution in [3.8, 4) is 5.75 Å². The van der Waals surface area contributed by atoms with E-state index >= 15 is 0 Å². The standard InChI is InChI=1S/C24H28N2O3/c1-23(2,3)17-11-15(12-18(21(17)27)24(4,5)6)14-25-26-22(28)20-13-16-9-7-8-10-19(16)29-20/h7-14,27H,1-6H3,(H,26,28)/b25-14+. The first-order valence-corrected chi connectivity index (χ1v) is 9.67. The van der Waals surface area contributed by atoms with Gasteiger partial charge in [-0.3, -0.25) is 4.79 Å². The van der Waals surface area contributed by atoms with Gasteiger partial charge in [0, 0.05) is 16.5 Å². The van der Waals surface area contributed by atoms with Crippen molar-refractivity contribution in [3.63, 3.8) is 0 Å². The summed E-state index contributed by atoms with van der Waals surface area (Å²) in [6.45, 7) is 12.3. The lowest BCUT2D eigenvalue weighted by molar-refractivity contribution is 0.0929. The fourth-order valence-corrected chi connectivity index (χ4v) is 3.19. The average Bonchev–Trinajstić information content (AvgIpc) is 3.05. The van der Waals surface area contributed by atoms with Gasteiger partial charge in [0.15, 0.2) is 5.76 Å². The molecule has 2 aromatic carbocycles. The summed E-state index contributed by atoms with van der Waals surface area (Å²) in [6, 6.07) is 12.9. The summed E-state index contributed by atoms with van der Waals surface area (Å²) in [7, 11) is 0. The van der Waals surface area contributed by atoms with Crippen molar-refractivity contribution >= 4 is 23.1 Å². The van der Waals surface area contributed by atoms with Crippen LogP contribution in [-0.4, -0.2) is 17.2 Å². The maximum Gasteiger partial charge on any atom is 0.307 e. The van der Waals surface area contributed by atoms with Crippen LogP contribution in [0.3, 0.4) is 0 Å². The topological polar surface area (TPSA) is 74.8 Å². The van der Waals surface area contributed by atoms with Crippen LogP contribution < -0.4 is 5.43 Å². The number of aromatic hydroxyl groups is 1. The second kappa shape index (κ2) is 7.39. The molecule has 1 aromatic heterocycles. The number of nitrogens with zero attached hydrogens (tertiary/aromatic N) is 1. The highest BCUT2D eigenvalue weighted by molar-refractivity contribution is 5.96. The molecule has 0 aliphatic rings. The zero-order valence-corrected chi connectivity index (χ0v) is 17.8. The van der Waals surface area contributed by atoms with Gasteiger partial charge in [0.25, 0.3) is 0 Å². The van der Waals surface area contributed by atoms with Gasteiger partial charge in [0.1, 0.15) is 11.3 Å². The van der Waals surface area contributed by atoms with Crippen LogP contribution in [0.5, 0.6) is 5.75 Å². The Morgan fingerprint density at radius 3 is 2.14 bits per heavy atom. The lowest BCUT2D eigenvalue weighted by atomic mass is 9.78. The molecule has 1 heterocycles. The number of furan rings is 1. The lowest BCUT2D eigenvalue weighted by Gasteiger charge is -2.27. The Morgan fingerprint density at radius 1 is 1.00 bits per heavy atom. The van der Waals surface area contributed by atoms with Gasteiger partial charge in [0.05, 0.1) is 6.21 Å². The highest BCUT2D eigenvalue weighted by Gasteiger charge is 2.26. The van der Waals surface area contributed by atoms with Gasteiger partial charge in [-0.2, -0.15) is 5.10 Å². The molecule has 0 atom stereocenters. The van der Waals surface area contributed by atoms with Crippen LogP contribution in [0.25, 0.3) is 11.0 Å². The number of hydrogen-bond donors (Lipinski definition) is 2. The molecule has 1 amide bonds. The van der Waals surface area contributed by atoms with E-state index in [0.29, 0.717) is 11.3 Å². The molecule has 29 heavy (non-hydrogen) atoms. The molecular formula is C24H28N2O3. The van der Waals surface area contributed by atoms with Crippen LogP contribution in [0.15, 0.2) is 52.0 Å². The average molecular weight is 392 g/mol. The van der Waals surface area contributed by atoms with Crippen molar-refractivity contribution in [1.82, 2.24) is 5.43 Å². The second-order valence-electron chi connectivity index (χ2n) is 9.31. The van der Waals surface area contributed by atoms with E-state index in [-0.39, 0.29) is 16.6 Å². The summed E-state index contributed by atoms with van der Waals surface area (Å²) < 4.78 is 5.56. The maximum atomic E-state index is 12.4. The van der Waals surface area contributed by atoms with Gasteiger partial charge >= 0.3 is 5.91 Å². The number of amides is 1. The number of fused-ring (bicyclic) bond motifs is 1. The van der Waals surface area contributed by atoms with Gasteiger partial charge < -0.3 is 9.52 Å². The van der Waals surface area contributed by atoms with Crippen LogP contribution in [0.1, 0.15) is 68.8 Å². The summed E-state index contributed by atoms with van der Waals surface area (Å²) >= 11 is 0. The van der Waals surface area contributed by atoms with E-state index in [2.05, 4.69) is 52.1 Å². The SMILES string of the molecule is CC(C)(C)c1cc(/C=N/NC(=O)c2cc3ccccc3o2)cc(C(C)(C)C)c1O. The number of phenols is 1. The van der Waals surface area contributed by atoms with E-state index in [1.165, 1.54) is 0 Å². The number of rotatable bonds is 3. The van der Waals surface area contributed by atoms with Crippen LogP contribution in [-0.2, 0) is 10.8 Å². The van der Waals surface area contributed by atoms with Crippen LogP contribution in [0.4, 0.5) is 0 Å². The molecule has 5 nitrogen and oxygen atoms in total. The maximum absolute atomic E-state index is 12.4. The molecule has 2 N–H and O–H groups in total. The van der Waals surface area contributed by atoms with E-state index < -0.39 is 5.91 Å². The molecular weight excluding hydrogens is 364 g/mol. The highest BCUT2D eigenvalue weighted by Crippen LogP contribution is 2.39. The molecule has 152 valence electrons. The van der Waals surface area contributed by atoms with E-state index in [1.54, 1.807) is 12.3 Å². The Labute approximate surface area is 171 Å². The first-order valence-electron chi connectivity index (χ1n) is 9.67. The molecule has 0 aliphatic carbocycles. The van der Waals surface area contributed by atoms with Gasteiger partial charge in [-0.1, -0.05) is 59.7 Å². The summed E-state index contributed by atoms with van der Waals surface area (Å²) in [5.74, 6) is 0.108. The summed E-state index contributed by atoms with van der Waals surface area (Å²) in [4.78, 5) is 12.4. The number of hydrazone groups is 1. The zero-order valence-electron chi connectivity index (χ0n) is 17.8. The number of phenolic OH excluding ortho intramolecular Hbond substituents is 1. The van der Waals surface area contributed by atoms with Crippen LogP contribution in [0, 0.1) is 0 Å². The summed E-state index contributed by atoms with van der Waals surface area (Å²) in [6.07, 6.45) is 1.59. The molecule has 0 bridgehead atoms. The van der Waals surface area contributed by atoms with Crippen molar-refractivity contribution in [3.05, 3.63) is 64.9 Å². The third-order valence-electron chi connectivity index (χ3n) is 4.78. The van der Waals surface area contributed by atoms with E-state index in [0.717, 1.165) is 22.1 Å². The van der Waals surface area contributed by atoms with Gasteiger partial charge in [-0.05, 0) is 40.7 Å². The van der Waals surface area contributed by atoms with Crippen molar-refractivity contribution < 1.29 is 14.3 Å². The number of carbonyl (C=O) groups excluding carboxylic acids is 1. The lowest BCUT2D eigenvalue weighted by Crippen LogP contribution is -2.19. The van der Waals surface area contributed by atoms with Crippen molar-refractivity contribution in [2.45, 2.75) is 52.4 Å². The number of nitrogens with one attached hydrogen (secondary N) is 1. The largest absolute Gasteiger partial charge is 0.507 e. The van der Waals surface area contributed by atoms with Gasteiger partial charge in [-0.25, -0.2) is 5.43 Å². The van der Waals surface area contributed by atoms with Crippen molar-refractivity contribution in [2.24, 2.45) is 5.10 Å². The van der Waals surface area contributed by atoms with E-state index in [1.807, 2.05) is 36.4 Å². The quantitative estimate of drug-likeness (QED) is 0.457. The van der Waals surface area contributed by atoms with Crippen molar-refractivity contribution in [1.29, 1.82) is 0 Å². The Balaban J connectivity index is 1.86. The predicted octanol–water partition coefficient (Wildman–Crippen LogP) is 5.50. The minimum atomic E-state index is -0.414. The minimum Gasteiger partial charge on any atom is -0.507 e. The fraction of sp³-hybridized carbons (Fsp3) is 0.333. The molecule has 0 aliphatic heterocycles. The number of carbonyl (C=O) groups is 1. The molecule has 0 unspecified atom stereocenters. The van der Waals surface area contributed by atoms with E-state index in [4.69, 9.17) is 4.42 Å².